The molecule has 1 atom stereocenters. The second-order valence-corrected chi connectivity index (χ2v) is 13.9. The van der Waals surface area contributed by atoms with Gasteiger partial charge in [0.1, 0.15) is 28.5 Å². The van der Waals surface area contributed by atoms with Gasteiger partial charge in [0.15, 0.2) is 9.84 Å². The number of hydrogen-bond acceptors (Lipinski definition) is 7. The molecular formula is C29H29NO6S2. The average molecular weight is 552 g/mol. The maximum Gasteiger partial charge on any atom is 0.175 e. The van der Waals surface area contributed by atoms with Crippen molar-refractivity contribution in [3.63, 3.8) is 0 Å². The van der Waals surface area contributed by atoms with E-state index in [1.165, 1.54) is 18.4 Å². The number of pyridine rings is 1. The number of nitrogens with zero attached hydrogens (tertiary/aromatic N) is 1. The molecule has 7 nitrogen and oxygen atoms in total. The minimum atomic E-state index is -3.41. The molecule has 9 heteroatoms. The number of aldehydes is 1. The summed E-state index contributed by atoms with van der Waals surface area (Å²) >= 11 is 0. The molecule has 4 rings (SSSR count). The van der Waals surface area contributed by atoms with Crippen LogP contribution >= 0.6 is 0 Å². The van der Waals surface area contributed by atoms with Crippen LogP contribution < -0.4 is 4.74 Å². The first-order chi connectivity index (χ1) is 18.0. The van der Waals surface area contributed by atoms with Gasteiger partial charge in [-0.2, -0.15) is 0 Å². The van der Waals surface area contributed by atoms with Gasteiger partial charge >= 0.3 is 0 Å². The van der Waals surface area contributed by atoms with Crippen molar-refractivity contribution in [2.24, 2.45) is 0 Å². The number of aromatic nitrogens is 1. The molecule has 38 heavy (non-hydrogen) atoms. The smallest absolute Gasteiger partial charge is 0.175 e. The summed E-state index contributed by atoms with van der Waals surface area (Å²) in [5, 5.41) is 0.408. The summed E-state index contributed by atoms with van der Waals surface area (Å²) in [7, 11) is -6.59. The maximum atomic E-state index is 12.0. The quantitative estimate of drug-likeness (QED) is 0.265. The summed E-state index contributed by atoms with van der Waals surface area (Å²) in [5.74, 6) is 0.443. The molecule has 0 saturated heterocycles. The molecule has 0 aliphatic heterocycles. The number of sulfone groups is 2. The zero-order valence-electron chi connectivity index (χ0n) is 21.4. The fraction of sp³-hybridized carbons (Fsp3) is 0.241. The van der Waals surface area contributed by atoms with Gasteiger partial charge in [-0.1, -0.05) is 24.3 Å². The van der Waals surface area contributed by atoms with E-state index in [1.54, 1.807) is 19.2 Å². The Morgan fingerprint density at radius 3 is 2.42 bits per heavy atom. The fourth-order valence-electron chi connectivity index (χ4n) is 4.24. The Morgan fingerprint density at radius 2 is 1.71 bits per heavy atom. The van der Waals surface area contributed by atoms with Crippen LogP contribution in [0.2, 0.25) is 0 Å². The molecule has 1 heterocycles. The van der Waals surface area contributed by atoms with Crippen LogP contribution in [0.15, 0.2) is 77.8 Å². The fourth-order valence-corrected chi connectivity index (χ4v) is 5.41. The highest BCUT2D eigenvalue weighted by Gasteiger charge is 2.17. The first-order valence-corrected chi connectivity index (χ1v) is 15.9. The molecular weight excluding hydrogens is 522 g/mol. The number of fused-ring (bicyclic) bond motifs is 1. The van der Waals surface area contributed by atoms with Crippen LogP contribution in [0.4, 0.5) is 0 Å². The Labute approximate surface area is 223 Å². The van der Waals surface area contributed by atoms with E-state index in [9.17, 15) is 21.6 Å². The topological polar surface area (TPSA) is 107 Å². The lowest BCUT2D eigenvalue weighted by Gasteiger charge is -2.15. The largest absolute Gasteiger partial charge is 0.489 e. The van der Waals surface area contributed by atoms with E-state index >= 15 is 0 Å². The highest BCUT2D eigenvalue weighted by atomic mass is 32.2. The van der Waals surface area contributed by atoms with E-state index < -0.39 is 24.9 Å². The highest BCUT2D eigenvalue weighted by Crippen LogP contribution is 2.31. The van der Waals surface area contributed by atoms with Gasteiger partial charge in [-0.25, -0.2) is 16.8 Å². The molecule has 0 amide bonds. The minimum Gasteiger partial charge on any atom is -0.489 e. The first-order valence-electron chi connectivity index (χ1n) is 12.0. The molecule has 198 valence electrons. The summed E-state index contributed by atoms with van der Waals surface area (Å²) in [6.07, 6.45) is 5.24. The van der Waals surface area contributed by atoms with Gasteiger partial charge in [0.2, 0.25) is 0 Å². The summed E-state index contributed by atoms with van der Waals surface area (Å²) in [5.41, 5.74) is 4.88. The van der Waals surface area contributed by atoms with Crippen LogP contribution in [0.5, 0.6) is 5.75 Å². The number of rotatable bonds is 10. The third-order valence-electron chi connectivity index (χ3n) is 6.41. The Hall–Kier alpha value is -3.56. The lowest BCUT2D eigenvalue weighted by atomic mass is 9.96. The van der Waals surface area contributed by atoms with E-state index in [2.05, 4.69) is 4.98 Å². The van der Waals surface area contributed by atoms with Crippen LogP contribution in [-0.2, 0) is 43.9 Å². The van der Waals surface area contributed by atoms with Gasteiger partial charge in [0, 0.05) is 41.6 Å². The zero-order valence-corrected chi connectivity index (χ0v) is 23.1. The monoisotopic (exact) mass is 551 g/mol. The summed E-state index contributed by atoms with van der Waals surface area (Å²) in [6.45, 7) is 1.91. The van der Waals surface area contributed by atoms with Gasteiger partial charge in [0.25, 0.3) is 0 Å². The van der Waals surface area contributed by atoms with Crippen molar-refractivity contribution in [1.82, 2.24) is 4.98 Å². The van der Waals surface area contributed by atoms with E-state index in [-0.39, 0.29) is 17.9 Å². The molecule has 4 aromatic rings. The Bertz CT molecular complexity index is 1710. The minimum absolute atomic E-state index is 0.0368. The van der Waals surface area contributed by atoms with Crippen LogP contribution in [0.3, 0.4) is 0 Å². The normalized spacial score (nSPS) is 12.8. The lowest BCUT2D eigenvalue weighted by molar-refractivity contribution is -0.107. The van der Waals surface area contributed by atoms with Crippen LogP contribution in [0, 0.1) is 0 Å². The summed E-state index contributed by atoms with van der Waals surface area (Å²) < 4.78 is 53.9. The second kappa shape index (κ2) is 11.0. The van der Waals surface area contributed by atoms with E-state index in [1.807, 2.05) is 48.5 Å². The third-order valence-corrected chi connectivity index (χ3v) is 9.15. The molecule has 0 radical (unpaired) electrons. The van der Waals surface area contributed by atoms with Crippen molar-refractivity contribution in [3.05, 3.63) is 89.6 Å². The van der Waals surface area contributed by atoms with Crippen LogP contribution in [-0.4, -0.2) is 45.9 Å². The Morgan fingerprint density at radius 1 is 0.921 bits per heavy atom. The average Bonchev–Trinajstić information content (AvgIpc) is 2.86. The molecule has 0 saturated carbocycles. The molecule has 1 aromatic heterocycles. The standard InChI is InChI=1S/C29H29NO6S2/c1-20(37(2,32)33)14-22-16-25-8-5-12-30-29(25)27(17-22)23-7-4-6-21(15-23)19-36-28-10-9-26(38(3,34)35)18-24(28)11-13-31/h4-10,12-13,15-18,20H,11,14,19H2,1-3H3. The molecule has 3 aromatic carbocycles. The number of hydrogen-bond donors (Lipinski definition) is 0. The van der Waals surface area contributed by atoms with Crippen molar-refractivity contribution in [3.8, 4) is 16.9 Å². The van der Waals surface area contributed by atoms with E-state index in [0.717, 1.165) is 39.4 Å². The van der Waals surface area contributed by atoms with Gasteiger partial charge in [-0.05, 0) is 72.5 Å². The predicted octanol–water partition coefficient (Wildman–Crippen LogP) is 4.60. The molecule has 0 aliphatic rings. The maximum absolute atomic E-state index is 12.0. The van der Waals surface area contributed by atoms with Crippen molar-refractivity contribution >= 4 is 36.9 Å². The predicted molar refractivity (Wildman–Crippen MR) is 149 cm³/mol. The SMILES string of the molecule is CC(Cc1cc(-c2cccc(COc3ccc(S(C)(=O)=O)cc3CC=O)c2)c2ncccc2c1)S(C)(=O)=O. The molecule has 0 spiro atoms. The Kier molecular flexibility index (Phi) is 7.99. The van der Waals surface area contributed by atoms with Gasteiger partial charge in [-0.3, -0.25) is 4.98 Å². The third kappa shape index (κ3) is 6.46. The van der Waals surface area contributed by atoms with Gasteiger partial charge in [0.05, 0.1) is 15.7 Å². The van der Waals surface area contributed by atoms with Gasteiger partial charge < -0.3 is 9.53 Å². The zero-order chi connectivity index (χ0) is 27.5. The summed E-state index contributed by atoms with van der Waals surface area (Å²) in [4.78, 5) is 15.9. The first kappa shape index (κ1) is 27.5. The number of benzene rings is 3. The second-order valence-electron chi connectivity index (χ2n) is 9.46. The summed E-state index contributed by atoms with van der Waals surface area (Å²) in [6, 6.07) is 20.1. The molecule has 0 bridgehead atoms. The molecule has 0 aliphatic carbocycles. The van der Waals surface area contributed by atoms with Gasteiger partial charge in [-0.15, -0.1) is 0 Å². The van der Waals surface area contributed by atoms with Crippen LogP contribution in [0.25, 0.3) is 22.0 Å². The Balaban J connectivity index is 1.66. The molecule has 1 unspecified atom stereocenters. The number of carbonyl (C=O) groups excluding carboxylic acids is 1. The van der Waals surface area contributed by atoms with E-state index in [0.29, 0.717) is 24.0 Å². The lowest BCUT2D eigenvalue weighted by Crippen LogP contribution is -2.18. The molecule has 0 N–H and O–H groups in total. The van der Waals surface area contributed by atoms with Crippen molar-refractivity contribution in [2.75, 3.05) is 12.5 Å². The van der Waals surface area contributed by atoms with Crippen molar-refractivity contribution in [2.45, 2.75) is 36.5 Å². The van der Waals surface area contributed by atoms with Crippen LogP contribution in [0.1, 0.15) is 23.6 Å². The number of ether oxygens (including phenoxy) is 1. The van der Waals surface area contributed by atoms with E-state index in [4.69, 9.17) is 4.74 Å². The number of carbonyl (C=O) groups is 1. The van der Waals surface area contributed by atoms with Crippen molar-refractivity contribution < 1.29 is 26.4 Å². The van der Waals surface area contributed by atoms with Crippen molar-refractivity contribution in [1.29, 1.82) is 0 Å². The molecule has 0 fully saturated rings. The highest BCUT2D eigenvalue weighted by molar-refractivity contribution is 7.91.